The van der Waals surface area contributed by atoms with Crippen LogP contribution in [0.3, 0.4) is 0 Å². The molecule has 3 rings (SSSR count). The zero-order valence-corrected chi connectivity index (χ0v) is 18.2. The third-order valence-corrected chi connectivity index (χ3v) is 5.19. The number of carbonyl (C=O) groups is 1. The van der Waals surface area contributed by atoms with E-state index in [9.17, 15) is 22.4 Å². The highest BCUT2D eigenvalue weighted by molar-refractivity contribution is 5.59. The molecule has 0 saturated carbocycles. The van der Waals surface area contributed by atoms with Gasteiger partial charge in [-0.3, -0.25) is 5.10 Å². The van der Waals surface area contributed by atoms with E-state index in [1.165, 1.54) is 7.11 Å². The summed E-state index contributed by atoms with van der Waals surface area (Å²) >= 11 is 0. The number of anilines is 1. The van der Waals surface area contributed by atoms with Crippen LogP contribution in [0.4, 0.5) is 23.4 Å². The quantitative estimate of drug-likeness (QED) is 0.298. The molecule has 2 atom stereocenters. The van der Waals surface area contributed by atoms with E-state index in [0.29, 0.717) is 5.82 Å². The van der Waals surface area contributed by atoms with Crippen molar-refractivity contribution in [1.29, 1.82) is 0 Å². The number of halogens is 4. The molecule has 0 bridgehead atoms. The predicted octanol–water partition coefficient (Wildman–Crippen LogP) is 6.02. The fourth-order valence-corrected chi connectivity index (χ4v) is 3.54. The van der Waals surface area contributed by atoms with Crippen LogP contribution in [0, 0.1) is 0 Å². The first kappa shape index (κ1) is 24.1. The maximum atomic E-state index is 14.1. The van der Waals surface area contributed by atoms with Gasteiger partial charge in [-0.2, -0.15) is 18.3 Å². The number of benzene rings is 2. The van der Waals surface area contributed by atoms with Crippen molar-refractivity contribution >= 4 is 12.1 Å². The molecule has 0 aliphatic heterocycles. The molecule has 0 fully saturated rings. The lowest BCUT2D eigenvalue weighted by Crippen LogP contribution is -2.07. The van der Waals surface area contributed by atoms with Gasteiger partial charge in [-0.05, 0) is 42.8 Å². The summed E-state index contributed by atoms with van der Waals surface area (Å²) in [5, 5.41) is 9.83. The Labute approximate surface area is 187 Å². The van der Waals surface area contributed by atoms with E-state index in [-0.39, 0.29) is 35.2 Å². The van der Waals surface area contributed by atoms with Gasteiger partial charge in [0.2, 0.25) is 0 Å². The van der Waals surface area contributed by atoms with E-state index in [1.54, 1.807) is 31.4 Å². The van der Waals surface area contributed by atoms with Crippen molar-refractivity contribution in [2.75, 3.05) is 19.5 Å². The number of aromatic amines is 1. The van der Waals surface area contributed by atoms with Gasteiger partial charge in [0.05, 0.1) is 12.7 Å². The van der Waals surface area contributed by atoms with Gasteiger partial charge in [-0.1, -0.05) is 6.07 Å². The summed E-state index contributed by atoms with van der Waals surface area (Å²) in [5.74, 6) is 0.663. The number of aldehydes is 1. The van der Waals surface area contributed by atoms with Crippen LogP contribution >= 0.6 is 0 Å². The molecule has 6 nitrogen and oxygen atoms in total. The highest BCUT2D eigenvalue weighted by Crippen LogP contribution is 2.41. The zero-order chi connectivity index (χ0) is 24.2. The smallest absolute Gasteiger partial charge is 0.416 e. The number of nitrogens with zero attached hydrogens (tertiary/aromatic N) is 1. The van der Waals surface area contributed by atoms with Crippen LogP contribution in [-0.4, -0.2) is 30.6 Å². The van der Waals surface area contributed by atoms with Crippen molar-refractivity contribution in [2.24, 2.45) is 0 Å². The molecule has 2 N–H and O–H groups in total. The van der Waals surface area contributed by atoms with Crippen LogP contribution < -0.4 is 14.8 Å². The lowest BCUT2D eigenvalue weighted by molar-refractivity contribution is -0.137. The number of rotatable bonds is 9. The van der Waals surface area contributed by atoms with Crippen molar-refractivity contribution in [3.8, 4) is 17.2 Å². The first-order chi connectivity index (χ1) is 15.7. The number of H-pyrrole nitrogens is 1. The van der Waals surface area contributed by atoms with Gasteiger partial charge < -0.3 is 19.6 Å². The number of hydrogen-bond donors (Lipinski definition) is 2. The monoisotopic (exact) mass is 465 g/mol. The minimum absolute atomic E-state index is 0.0548. The second-order valence-corrected chi connectivity index (χ2v) is 7.27. The van der Waals surface area contributed by atoms with E-state index in [1.807, 2.05) is 0 Å². The molecule has 0 aliphatic carbocycles. The Hall–Kier alpha value is -3.56. The van der Waals surface area contributed by atoms with Crippen LogP contribution in [0.15, 0.2) is 42.6 Å². The Balaban J connectivity index is 1.99. The molecule has 10 heteroatoms. The number of carbonyl (C=O) groups excluding carboxylic acids is 1. The van der Waals surface area contributed by atoms with Gasteiger partial charge in [-0.25, -0.2) is 4.39 Å². The normalized spacial score (nSPS) is 13.3. The van der Waals surface area contributed by atoms with Crippen molar-refractivity contribution in [3.05, 3.63) is 64.8 Å². The second kappa shape index (κ2) is 9.93. The maximum Gasteiger partial charge on any atom is 0.416 e. The molecule has 2 unspecified atom stereocenters. The summed E-state index contributed by atoms with van der Waals surface area (Å²) in [6.45, 7) is 1.14. The Morgan fingerprint density at radius 1 is 1.12 bits per heavy atom. The lowest BCUT2D eigenvalue weighted by Gasteiger charge is -2.19. The Morgan fingerprint density at radius 2 is 1.85 bits per heavy atom. The van der Waals surface area contributed by atoms with Crippen LogP contribution in [0.25, 0.3) is 0 Å². The highest BCUT2D eigenvalue weighted by Gasteiger charge is 2.32. The van der Waals surface area contributed by atoms with Crippen LogP contribution in [0.2, 0.25) is 0 Å². The molecule has 0 saturated heterocycles. The molecule has 0 spiro atoms. The number of methoxy groups -OCH3 is 1. The molecule has 0 aliphatic rings. The average molecular weight is 465 g/mol. The summed E-state index contributed by atoms with van der Waals surface area (Å²) in [6.07, 6.45) is -3.63. The van der Waals surface area contributed by atoms with E-state index < -0.39 is 17.9 Å². The molecule has 33 heavy (non-hydrogen) atoms. The third kappa shape index (κ3) is 5.27. The van der Waals surface area contributed by atoms with E-state index in [4.69, 9.17) is 9.47 Å². The van der Waals surface area contributed by atoms with Gasteiger partial charge in [0.1, 0.15) is 18.2 Å². The highest BCUT2D eigenvalue weighted by atomic mass is 19.4. The molecule has 1 heterocycles. The topological polar surface area (TPSA) is 76.2 Å². The molecule has 0 radical (unpaired) electrons. The fourth-order valence-electron chi connectivity index (χ4n) is 3.54. The largest absolute Gasteiger partial charge is 0.493 e. The van der Waals surface area contributed by atoms with Crippen molar-refractivity contribution in [3.63, 3.8) is 0 Å². The molecule has 0 amide bonds. The Bertz CT molecular complexity index is 1110. The minimum Gasteiger partial charge on any atom is -0.493 e. The zero-order valence-electron chi connectivity index (χ0n) is 18.2. The summed E-state index contributed by atoms with van der Waals surface area (Å²) in [5.41, 5.74) is 0.313. The van der Waals surface area contributed by atoms with Crippen LogP contribution in [-0.2, 0) is 11.0 Å². The van der Waals surface area contributed by atoms with E-state index >= 15 is 0 Å². The average Bonchev–Trinajstić information content (AvgIpc) is 3.25. The molecule has 1 aromatic heterocycles. The molecule has 3 aromatic rings. The van der Waals surface area contributed by atoms with Gasteiger partial charge in [0.15, 0.2) is 17.3 Å². The van der Waals surface area contributed by atoms with E-state index in [0.717, 1.165) is 42.5 Å². The van der Waals surface area contributed by atoms with Crippen molar-refractivity contribution in [2.45, 2.75) is 31.6 Å². The number of alkyl halides is 4. The maximum absolute atomic E-state index is 14.1. The summed E-state index contributed by atoms with van der Waals surface area (Å²) in [4.78, 5) is 11.3. The minimum atomic E-state index is -4.60. The SMILES string of the molecule is CNc1n[nH]cc1C(CC=O)c1ccc(Oc2ccc(C(F)(F)F)cc2C(C)F)c(OC)c1. The molecule has 176 valence electrons. The van der Waals surface area contributed by atoms with Gasteiger partial charge in [-0.15, -0.1) is 0 Å². The standard InChI is InChI=1S/C23H23F4N3O3/c1-13(24)17-11-15(23(25,26)27)5-7-19(17)33-20-6-4-14(10-21(20)32-3)16(8-9-31)18-12-29-30-22(18)28-2/h4-7,9-13,16H,8H2,1-3H3,(H2,28,29,30). The fraction of sp³-hybridized carbons (Fsp3) is 0.304. The number of ether oxygens (including phenoxy) is 2. The van der Waals surface area contributed by atoms with Crippen molar-refractivity contribution < 1.29 is 31.8 Å². The first-order valence-corrected chi connectivity index (χ1v) is 10.1. The number of nitrogens with one attached hydrogen (secondary N) is 2. The number of aromatic nitrogens is 2. The van der Waals surface area contributed by atoms with Gasteiger partial charge in [0, 0.05) is 36.7 Å². The third-order valence-electron chi connectivity index (χ3n) is 5.19. The number of hydrogen-bond acceptors (Lipinski definition) is 5. The molecular weight excluding hydrogens is 442 g/mol. The Morgan fingerprint density at radius 3 is 2.45 bits per heavy atom. The van der Waals surface area contributed by atoms with Crippen molar-refractivity contribution in [1.82, 2.24) is 10.2 Å². The van der Waals surface area contributed by atoms with E-state index in [2.05, 4.69) is 15.5 Å². The second-order valence-electron chi connectivity index (χ2n) is 7.27. The van der Waals surface area contributed by atoms with Crippen LogP contribution in [0.5, 0.6) is 17.2 Å². The first-order valence-electron chi connectivity index (χ1n) is 10.1. The molecule has 2 aromatic carbocycles. The molecular formula is C23H23F4N3O3. The summed E-state index contributed by atoms with van der Waals surface area (Å²) < 4.78 is 64.4. The van der Waals surface area contributed by atoms with Gasteiger partial charge in [0.25, 0.3) is 0 Å². The predicted molar refractivity (Wildman–Crippen MR) is 115 cm³/mol. The summed E-state index contributed by atoms with van der Waals surface area (Å²) in [7, 11) is 3.12. The van der Waals surface area contributed by atoms with Crippen LogP contribution in [0.1, 0.15) is 47.7 Å². The van der Waals surface area contributed by atoms with Gasteiger partial charge >= 0.3 is 6.18 Å². The summed E-state index contributed by atoms with van der Waals surface area (Å²) in [6, 6.07) is 7.59. The Kier molecular flexibility index (Phi) is 7.25. The lowest BCUT2D eigenvalue weighted by atomic mass is 9.90.